The van der Waals surface area contributed by atoms with Crippen molar-refractivity contribution in [3.05, 3.63) is 80.5 Å². The van der Waals surface area contributed by atoms with Crippen molar-refractivity contribution >= 4 is 29.3 Å². The number of aromatic nitrogens is 3. The lowest BCUT2D eigenvalue weighted by atomic mass is 10.0. The molecule has 0 bridgehead atoms. The van der Waals surface area contributed by atoms with Crippen molar-refractivity contribution in [3.8, 4) is 11.5 Å². The second kappa shape index (κ2) is 13.3. The van der Waals surface area contributed by atoms with Gasteiger partial charge in [0.25, 0.3) is 5.91 Å². The van der Waals surface area contributed by atoms with Crippen molar-refractivity contribution in [1.82, 2.24) is 30.3 Å². The maximum Gasteiger partial charge on any atom is 0.410 e. The molecule has 240 valence electrons. The lowest BCUT2D eigenvalue weighted by molar-refractivity contribution is -0.199. The van der Waals surface area contributed by atoms with Crippen molar-refractivity contribution in [2.75, 3.05) is 7.05 Å². The van der Waals surface area contributed by atoms with Crippen molar-refractivity contribution in [2.45, 2.75) is 70.9 Å². The molecule has 1 aliphatic heterocycles. The van der Waals surface area contributed by atoms with E-state index in [2.05, 4.69) is 20.5 Å². The molecule has 1 aliphatic rings. The number of H-pyrrole nitrogens is 1. The molecule has 0 radical (unpaired) electrons. The number of ether oxygens (including phenoxy) is 1. The van der Waals surface area contributed by atoms with Crippen LogP contribution in [0.5, 0.6) is 11.5 Å². The Morgan fingerprint density at radius 2 is 1.84 bits per heavy atom. The van der Waals surface area contributed by atoms with Gasteiger partial charge in [-0.05, 0) is 63.4 Å². The summed E-state index contributed by atoms with van der Waals surface area (Å²) in [5, 5.41) is 8.96. The molecule has 4 atom stereocenters. The van der Waals surface area contributed by atoms with Crippen LogP contribution in [-0.2, 0) is 9.59 Å². The number of benzene rings is 1. The first-order valence-electron chi connectivity index (χ1n) is 14.0. The third-order valence-electron chi connectivity index (χ3n) is 7.64. The molecule has 11 nitrogen and oxygen atoms in total. The van der Waals surface area contributed by atoms with Crippen LogP contribution in [0.15, 0.2) is 47.3 Å². The fourth-order valence-corrected chi connectivity index (χ4v) is 5.61. The van der Waals surface area contributed by atoms with E-state index in [0.29, 0.717) is 21.2 Å². The molecule has 3 amide bonds. The maximum atomic E-state index is 14.4. The second-order valence-corrected chi connectivity index (χ2v) is 11.3. The predicted molar refractivity (Wildman–Crippen MR) is 158 cm³/mol. The Hall–Kier alpha value is -4.46. The van der Waals surface area contributed by atoms with Crippen LogP contribution in [0.25, 0.3) is 0 Å². The van der Waals surface area contributed by atoms with E-state index in [1.807, 2.05) is 0 Å². The van der Waals surface area contributed by atoms with Crippen molar-refractivity contribution in [2.24, 2.45) is 0 Å². The standard InChI is InChI=1S/C30H32ClF3N6O5/c1-15-13-25(28(43)38-37-15)45-24-12-9-21(35-16(24)2)27(42)36-17(3)29(44)40-22(19-7-6-8-20(31)14-19)10-11-23(40)26(30(32,33)34)39(5)18(4)41/h6-9,12-14,17,22-23,26H,10-11H2,1-5H3,(H,36,42)(H,38,43)/t17-,22+,23-,26?/m1/s1. The van der Waals surface area contributed by atoms with Crippen LogP contribution in [0.3, 0.4) is 0 Å². The second-order valence-electron chi connectivity index (χ2n) is 10.9. The summed E-state index contributed by atoms with van der Waals surface area (Å²) in [6.45, 7) is 5.61. The van der Waals surface area contributed by atoms with Gasteiger partial charge in [0.1, 0.15) is 23.5 Å². The molecule has 4 rings (SSSR count). The Bertz CT molecular complexity index is 1670. The van der Waals surface area contributed by atoms with Crippen LogP contribution in [0.1, 0.15) is 60.2 Å². The van der Waals surface area contributed by atoms with Crippen LogP contribution in [-0.4, -0.2) is 74.1 Å². The van der Waals surface area contributed by atoms with Crippen LogP contribution in [0.4, 0.5) is 13.2 Å². The number of amides is 3. The number of carbonyl (C=O) groups is 3. The average Bonchev–Trinajstić information content (AvgIpc) is 3.38. The first kappa shape index (κ1) is 33.4. The van der Waals surface area contributed by atoms with Crippen LogP contribution < -0.4 is 15.6 Å². The molecule has 0 aliphatic carbocycles. The van der Waals surface area contributed by atoms with Gasteiger partial charge in [0.2, 0.25) is 11.8 Å². The third-order valence-corrected chi connectivity index (χ3v) is 7.87. The summed E-state index contributed by atoms with van der Waals surface area (Å²) in [5.74, 6) is -2.16. The van der Waals surface area contributed by atoms with Crippen LogP contribution >= 0.6 is 11.6 Å². The fourth-order valence-electron chi connectivity index (χ4n) is 5.41. The number of aryl methyl sites for hydroxylation is 2. The number of likely N-dealkylation sites (N-methyl/N-ethyl adjacent to an activating group) is 1. The number of hydrogen-bond donors (Lipinski definition) is 2. The van der Waals surface area contributed by atoms with Gasteiger partial charge in [-0.3, -0.25) is 19.2 Å². The van der Waals surface area contributed by atoms with Gasteiger partial charge in [-0.25, -0.2) is 10.1 Å². The molecular formula is C30H32ClF3N6O5. The lowest BCUT2D eigenvalue weighted by Crippen LogP contribution is -2.60. The number of nitrogens with one attached hydrogen (secondary N) is 2. The van der Waals surface area contributed by atoms with E-state index >= 15 is 0 Å². The molecule has 15 heteroatoms. The molecule has 2 aromatic heterocycles. The molecule has 0 saturated carbocycles. The number of rotatable bonds is 8. The fraction of sp³-hybridized carbons (Fsp3) is 0.400. The Kier molecular flexibility index (Phi) is 9.86. The highest BCUT2D eigenvalue weighted by Gasteiger charge is 2.54. The zero-order chi connectivity index (χ0) is 33.2. The molecule has 45 heavy (non-hydrogen) atoms. The van der Waals surface area contributed by atoms with E-state index in [1.165, 1.54) is 25.1 Å². The first-order chi connectivity index (χ1) is 21.1. The molecular weight excluding hydrogens is 617 g/mol. The zero-order valence-electron chi connectivity index (χ0n) is 25.1. The molecule has 0 spiro atoms. The van der Waals surface area contributed by atoms with Gasteiger partial charge in [-0.2, -0.15) is 18.3 Å². The average molecular weight is 649 g/mol. The van der Waals surface area contributed by atoms with E-state index in [1.54, 1.807) is 38.1 Å². The molecule has 1 unspecified atom stereocenters. The van der Waals surface area contributed by atoms with E-state index in [4.69, 9.17) is 16.3 Å². The highest BCUT2D eigenvalue weighted by Crippen LogP contribution is 2.43. The van der Waals surface area contributed by atoms with Crippen LogP contribution in [0.2, 0.25) is 5.02 Å². The minimum absolute atomic E-state index is 0.0224. The molecule has 2 N–H and O–H groups in total. The Labute approximate surface area is 261 Å². The van der Waals surface area contributed by atoms with Crippen molar-refractivity contribution in [3.63, 3.8) is 0 Å². The maximum absolute atomic E-state index is 14.4. The number of likely N-dealkylation sites (tertiary alicyclic amines) is 1. The number of carbonyl (C=O) groups excluding carboxylic acids is 3. The number of alkyl halides is 3. The largest absolute Gasteiger partial charge is 0.450 e. The number of pyridine rings is 1. The Morgan fingerprint density at radius 1 is 1.13 bits per heavy atom. The van der Waals surface area contributed by atoms with Gasteiger partial charge in [-0.1, -0.05) is 23.7 Å². The van der Waals surface area contributed by atoms with Gasteiger partial charge in [-0.15, -0.1) is 0 Å². The smallest absolute Gasteiger partial charge is 0.410 e. The predicted octanol–water partition coefficient (Wildman–Crippen LogP) is 4.49. The Balaban J connectivity index is 1.60. The number of aromatic amines is 1. The quantitative estimate of drug-likeness (QED) is 0.367. The van der Waals surface area contributed by atoms with E-state index in [9.17, 15) is 32.3 Å². The summed E-state index contributed by atoms with van der Waals surface area (Å²) < 4.78 is 48.9. The topological polar surface area (TPSA) is 138 Å². The number of halogens is 4. The van der Waals surface area contributed by atoms with Gasteiger partial charge < -0.3 is 19.9 Å². The van der Waals surface area contributed by atoms with Gasteiger partial charge >= 0.3 is 11.7 Å². The van der Waals surface area contributed by atoms with Gasteiger partial charge in [0.05, 0.1) is 23.5 Å². The summed E-state index contributed by atoms with van der Waals surface area (Å²) in [7, 11) is 1.05. The first-order valence-corrected chi connectivity index (χ1v) is 14.4. The van der Waals surface area contributed by atoms with Gasteiger partial charge in [0.15, 0.2) is 5.75 Å². The summed E-state index contributed by atoms with van der Waals surface area (Å²) >= 11 is 6.17. The minimum atomic E-state index is -4.84. The van der Waals surface area contributed by atoms with E-state index in [-0.39, 0.29) is 35.7 Å². The number of hydrogen-bond acceptors (Lipinski definition) is 7. The summed E-state index contributed by atoms with van der Waals surface area (Å²) in [5.41, 5.74) is 0.647. The summed E-state index contributed by atoms with van der Waals surface area (Å²) in [4.78, 5) is 57.1. The molecule has 1 fully saturated rings. The van der Waals surface area contributed by atoms with Crippen LogP contribution in [0, 0.1) is 13.8 Å². The zero-order valence-corrected chi connectivity index (χ0v) is 25.9. The highest BCUT2D eigenvalue weighted by atomic mass is 35.5. The SMILES string of the molecule is CC(=O)N(C)C([C@H]1CC[C@@H](c2cccc(Cl)c2)N1C(=O)[C@@H](C)NC(=O)c1ccc(Oc2cc(C)n[nH]c2=O)c(C)n1)C(F)(F)F. The Morgan fingerprint density at radius 3 is 2.47 bits per heavy atom. The highest BCUT2D eigenvalue weighted by molar-refractivity contribution is 6.30. The van der Waals surface area contributed by atoms with Crippen molar-refractivity contribution < 1.29 is 32.3 Å². The van der Waals surface area contributed by atoms with Gasteiger partial charge in [0, 0.05) is 25.1 Å². The molecule has 3 heterocycles. The normalized spacial score (nSPS) is 17.8. The minimum Gasteiger partial charge on any atom is -0.450 e. The number of nitrogens with zero attached hydrogens (tertiary/aromatic N) is 4. The van der Waals surface area contributed by atoms with E-state index in [0.717, 1.165) is 18.9 Å². The summed E-state index contributed by atoms with van der Waals surface area (Å²) in [6.07, 6.45) is -4.71. The molecule has 1 saturated heterocycles. The molecule has 3 aromatic rings. The monoisotopic (exact) mass is 648 g/mol. The van der Waals surface area contributed by atoms with Crippen molar-refractivity contribution in [1.29, 1.82) is 0 Å². The van der Waals surface area contributed by atoms with E-state index < -0.39 is 53.6 Å². The molecule has 1 aromatic carbocycles. The summed E-state index contributed by atoms with van der Waals surface area (Å²) in [6, 6.07) is 4.91. The lowest BCUT2D eigenvalue weighted by Gasteiger charge is -2.40. The third kappa shape index (κ3) is 7.44.